The van der Waals surface area contributed by atoms with E-state index in [2.05, 4.69) is 9.47 Å². The van der Waals surface area contributed by atoms with Crippen LogP contribution in [0.2, 0.25) is 0 Å². The SMILES string of the molecule is COC(=O)OC=C(C)F. The first kappa shape index (κ1) is 7.94. The van der Waals surface area contributed by atoms with Gasteiger partial charge < -0.3 is 9.47 Å². The zero-order valence-corrected chi connectivity index (χ0v) is 5.18. The van der Waals surface area contributed by atoms with Gasteiger partial charge >= 0.3 is 6.16 Å². The molecule has 4 heteroatoms. The Bertz CT molecular complexity index is 126. The molecule has 0 radical (unpaired) electrons. The third-order valence-corrected chi connectivity index (χ3v) is 0.484. The van der Waals surface area contributed by atoms with Gasteiger partial charge in [0.25, 0.3) is 0 Å². The maximum absolute atomic E-state index is 11.7. The van der Waals surface area contributed by atoms with Crippen LogP contribution in [0.5, 0.6) is 0 Å². The number of halogens is 1. The van der Waals surface area contributed by atoms with Gasteiger partial charge in [-0.2, -0.15) is 0 Å². The molecule has 0 amide bonds. The van der Waals surface area contributed by atoms with Crippen molar-refractivity contribution >= 4 is 6.16 Å². The Kier molecular flexibility index (Phi) is 3.43. The number of methoxy groups -OCH3 is 1. The molecule has 0 spiro atoms. The highest BCUT2D eigenvalue weighted by Gasteiger charge is 1.95. The van der Waals surface area contributed by atoms with Crippen LogP contribution >= 0.6 is 0 Å². The van der Waals surface area contributed by atoms with Gasteiger partial charge in [0.05, 0.1) is 7.11 Å². The molecule has 0 heterocycles. The Balaban J connectivity index is 3.50. The number of carbonyl (C=O) groups excluding carboxylic acids is 1. The highest BCUT2D eigenvalue weighted by atomic mass is 19.1. The van der Waals surface area contributed by atoms with Crippen LogP contribution in [0.1, 0.15) is 6.92 Å². The molecule has 0 atom stereocenters. The molecular weight excluding hydrogens is 127 g/mol. The van der Waals surface area contributed by atoms with Gasteiger partial charge in [0, 0.05) is 0 Å². The van der Waals surface area contributed by atoms with Crippen molar-refractivity contribution in [3.8, 4) is 0 Å². The number of ether oxygens (including phenoxy) is 2. The molecule has 0 bridgehead atoms. The Morgan fingerprint density at radius 3 is 2.56 bits per heavy atom. The molecule has 0 saturated carbocycles. The van der Waals surface area contributed by atoms with E-state index in [1.54, 1.807) is 0 Å². The smallest absolute Gasteiger partial charge is 0.437 e. The first-order valence-corrected chi connectivity index (χ1v) is 2.23. The summed E-state index contributed by atoms with van der Waals surface area (Å²) in [5, 5.41) is 0. The summed E-state index contributed by atoms with van der Waals surface area (Å²) in [5.74, 6) is -0.583. The van der Waals surface area contributed by atoms with E-state index in [1.165, 1.54) is 0 Å². The van der Waals surface area contributed by atoms with Crippen LogP contribution in [0.15, 0.2) is 12.1 Å². The lowest BCUT2D eigenvalue weighted by Gasteiger charge is -1.93. The molecule has 0 saturated heterocycles. The van der Waals surface area contributed by atoms with Crippen LogP contribution in [0, 0.1) is 0 Å². The Morgan fingerprint density at radius 1 is 1.67 bits per heavy atom. The van der Waals surface area contributed by atoms with Crippen molar-refractivity contribution in [3.63, 3.8) is 0 Å². The van der Waals surface area contributed by atoms with Crippen LogP contribution < -0.4 is 0 Å². The summed E-state index contributed by atoms with van der Waals surface area (Å²) in [7, 11) is 1.14. The maximum Gasteiger partial charge on any atom is 0.513 e. The lowest BCUT2D eigenvalue weighted by atomic mass is 10.7. The minimum absolute atomic E-state index is 0.583. The standard InChI is InChI=1S/C5H7FO3/c1-4(6)3-9-5(7)8-2/h3H,1-2H3. The largest absolute Gasteiger partial charge is 0.513 e. The second kappa shape index (κ2) is 3.88. The lowest BCUT2D eigenvalue weighted by molar-refractivity contribution is 0.104. The second-order valence-electron chi connectivity index (χ2n) is 1.28. The number of rotatable bonds is 1. The third-order valence-electron chi connectivity index (χ3n) is 0.484. The molecular formula is C5H7FO3. The zero-order chi connectivity index (χ0) is 7.28. The fourth-order valence-corrected chi connectivity index (χ4v) is 0.177. The van der Waals surface area contributed by atoms with E-state index < -0.39 is 12.0 Å². The van der Waals surface area contributed by atoms with E-state index in [9.17, 15) is 9.18 Å². The van der Waals surface area contributed by atoms with Crippen molar-refractivity contribution in [1.82, 2.24) is 0 Å². The average molecular weight is 134 g/mol. The number of carbonyl (C=O) groups is 1. The fraction of sp³-hybridized carbons (Fsp3) is 0.400. The van der Waals surface area contributed by atoms with E-state index >= 15 is 0 Å². The summed E-state index contributed by atoms with van der Waals surface area (Å²) in [6.45, 7) is 1.16. The molecule has 0 aromatic rings. The summed E-state index contributed by atoms with van der Waals surface area (Å²) < 4.78 is 19.8. The average Bonchev–Trinajstić information content (AvgIpc) is 1.83. The number of hydrogen-bond donors (Lipinski definition) is 0. The predicted molar refractivity (Wildman–Crippen MR) is 28.4 cm³/mol. The molecule has 0 rings (SSSR count). The highest BCUT2D eigenvalue weighted by Crippen LogP contribution is 1.93. The van der Waals surface area contributed by atoms with Crippen molar-refractivity contribution in [2.24, 2.45) is 0 Å². The molecule has 0 aliphatic carbocycles. The first-order valence-electron chi connectivity index (χ1n) is 2.23. The molecule has 0 aliphatic rings. The van der Waals surface area contributed by atoms with Crippen LogP contribution in [0.4, 0.5) is 9.18 Å². The minimum atomic E-state index is -0.924. The van der Waals surface area contributed by atoms with Gasteiger partial charge in [0.15, 0.2) is 0 Å². The van der Waals surface area contributed by atoms with Gasteiger partial charge in [-0.3, -0.25) is 0 Å². The molecule has 0 N–H and O–H groups in total. The van der Waals surface area contributed by atoms with Crippen molar-refractivity contribution in [1.29, 1.82) is 0 Å². The van der Waals surface area contributed by atoms with E-state index in [-0.39, 0.29) is 0 Å². The highest BCUT2D eigenvalue weighted by molar-refractivity contribution is 5.60. The number of allylic oxidation sites excluding steroid dienone is 1. The first-order chi connectivity index (χ1) is 4.16. The van der Waals surface area contributed by atoms with Gasteiger partial charge in [0.2, 0.25) is 0 Å². The second-order valence-corrected chi connectivity index (χ2v) is 1.28. The fourth-order valence-electron chi connectivity index (χ4n) is 0.177. The van der Waals surface area contributed by atoms with Gasteiger partial charge in [-0.25, -0.2) is 9.18 Å². The molecule has 52 valence electrons. The van der Waals surface area contributed by atoms with E-state index in [0.717, 1.165) is 14.0 Å². The van der Waals surface area contributed by atoms with Gasteiger partial charge in [-0.1, -0.05) is 0 Å². The zero-order valence-electron chi connectivity index (χ0n) is 5.18. The monoisotopic (exact) mass is 134 g/mol. The summed E-state index contributed by atoms with van der Waals surface area (Å²) >= 11 is 0. The summed E-state index contributed by atoms with van der Waals surface area (Å²) in [5.41, 5.74) is 0. The lowest BCUT2D eigenvalue weighted by Crippen LogP contribution is -1.98. The number of hydrogen-bond acceptors (Lipinski definition) is 3. The van der Waals surface area contributed by atoms with Gasteiger partial charge in [-0.05, 0) is 6.92 Å². The normalized spacial score (nSPS) is 10.8. The Hall–Kier alpha value is -1.06. The summed E-state index contributed by atoms with van der Waals surface area (Å²) in [4.78, 5) is 10.1. The van der Waals surface area contributed by atoms with Gasteiger partial charge in [0.1, 0.15) is 12.1 Å². The Labute approximate surface area is 52.1 Å². The summed E-state index contributed by atoms with van der Waals surface area (Å²) in [6, 6.07) is 0. The van der Waals surface area contributed by atoms with Crippen molar-refractivity contribution in [2.75, 3.05) is 7.11 Å². The van der Waals surface area contributed by atoms with Crippen LogP contribution in [-0.2, 0) is 9.47 Å². The van der Waals surface area contributed by atoms with Gasteiger partial charge in [-0.15, -0.1) is 0 Å². The van der Waals surface area contributed by atoms with Crippen LogP contribution in [0.3, 0.4) is 0 Å². The van der Waals surface area contributed by atoms with Crippen molar-refractivity contribution in [3.05, 3.63) is 12.1 Å². The molecule has 0 aromatic heterocycles. The molecule has 0 fully saturated rings. The van der Waals surface area contributed by atoms with E-state index in [4.69, 9.17) is 0 Å². The molecule has 9 heavy (non-hydrogen) atoms. The van der Waals surface area contributed by atoms with E-state index in [1.807, 2.05) is 0 Å². The topological polar surface area (TPSA) is 35.5 Å². The maximum atomic E-state index is 11.7. The summed E-state index contributed by atoms with van der Waals surface area (Å²) in [6.07, 6.45) is -0.252. The Morgan fingerprint density at radius 2 is 2.22 bits per heavy atom. The minimum Gasteiger partial charge on any atom is -0.437 e. The quantitative estimate of drug-likeness (QED) is 0.403. The van der Waals surface area contributed by atoms with Crippen molar-refractivity contribution in [2.45, 2.75) is 6.92 Å². The third kappa shape index (κ3) is 4.80. The molecule has 0 aromatic carbocycles. The van der Waals surface area contributed by atoms with E-state index in [0.29, 0.717) is 6.26 Å². The van der Waals surface area contributed by atoms with Crippen LogP contribution in [-0.4, -0.2) is 13.3 Å². The van der Waals surface area contributed by atoms with Crippen molar-refractivity contribution < 1.29 is 18.7 Å². The van der Waals surface area contributed by atoms with Crippen LogP contribution in [0.25, 0.3) is 0 Å². The predicted octanol–water partition coefficient (Wildman–Crippen LogP) is 1.60. The molecule has 3 nitrogen and oxygen atoms in total. The molecule has 0 aliphatic heterocycles. The molecule has 0 unspecified atom stereocenters.